The molecule has 0 spiro atoms. The van der Waals surface area contributed by atoms with Crippen LogP contribution in [0.5, 0.6) is 0 Å². The Balaban J connectivity index is 2.64. The lowest BCUT2D eigenvalue weighted by molar-refractivity contribution is -0.687. The fourth-order valence-corrected chi connectivity index (χ4v) is 1.43. The Morgan fingerprint density at radius 2 is 2.08 bits per heavy atom. The van der Waals surface area contributed by atoms with Crippen molar-refractivity contribution in [3.63, 3.8) is 0 Å². The molecule has 0 aliphatic rings. The molecule has 1 heterocycles. The third kappa shape index (κ3) is 2.75. The molecule has 0 N–H and O–H groups in total. The molecule has 0 bridgehead atoms. The predicted molar refractivity (Wildman–Crippen MR) is 55.1 cm³/mol. The van der Waals surface area contributed by atoms with Crippen molar-refractivity contribution in [1.82, 2.24) is 0 Å². The Kier molecular flexibility index (Phi) is 3.96. The molecule has 0 radical (unpaired) electrons. The third-order valence-electron chi connectivity index (χ3n) is 1.73. The minimum absolute atomic E-state index is 0.890. The van der Waals surface area contributed by atoms with Crippen LogP contribution in [-0.4, -0.2) is 6.16 Å². The number of pyridine rings is 1. The normalized spacial score (nSPS) is 9.75. The summed E-state index contributed by atoms with van der Waals surface area (Å²) >= 11 is 0. The van der Waals surface area contributed by atoms with Crippen molar-refractivity contribution >= 4 is 9.24 Å². The van der Waals surface area contributed by atoms with Crippen molar-refractivity contribution < 1.29 is 4.57 Å². The second-order valence-electron chi connectivity index (χ2n) is 2.73. The molecule has 1 unspecified atom stereocenters. The number of nitrogens with zero attached hydrogens (tertiary/aromatic N) is 1. The van der Waals surface area contributed by atoms with Crippen molar-refractivity contribution in [3.05, 3.63) is 42.7 Å². The van der Waals surface area contributed by atoms with Gasteiger partial charge in [0, 0.05) is 12.1 Å². The van der Waals surface area contributed by atoms with Crippen molar-refractivity contribution in [2.75, 3.05) is 6.16 Å². The predicted octanol–water partition coefficient (Wildman–Crippen LogP) is 1.58. The number of hydrogen-bond donors (Lipinski definition) is 0. The first-order valence-corrected chi connectivity index (χ1v) is 4.97. The summed E-state index contributed by atoms with van der Waals surface area (Å²) in [6.45, 7) is 4.58. The molecule has 12 heavy (non-hydrogen) atoms. The molecule has 0 aliphatic heterocycles. The van der Waals surface area contributed by atoms with E-state index in [1.807, 2.05) is 6.08 Å². The molecule has 1 nitrogen and oxygen atoms in total. The monoisotopic (exact) mass is 180 g/mol. The number of allylic oxidation sites excluding steroid dienone is 1. The van der Waals surface area contributed by atoms with Gasteiger partial charge in [0.25, 0.3) is 0 Å². The standard InChI is InChI=1S/C10H15NP/c1-2-6-11-7-3-10(4-8-11)5-9-12/h2-4,7-8H,1,5-6,9,12H2/q+1. The maximum absolute atomic E-state index is 3.69. The van der Waals surface area contributed by atoms with Crippen molar-refractivity contribution in [3.8, 4) is 0 Å². The Morgan fingerprint density at radius 1 is 1.42 bits per heavy atom. The van der Waals surface area contributed by atoms with E-state index in [0.717, 1.165) is 19.1 Å². The van der Waals surface area contributed by atoms with Gasteiger partial charge in [-0.25, -0.2) is 4.57 Å². The summed E-state index contributed by atoms with van der Waals surface area (Å²) in [5.41, 5.74) is 1.39. The van der Waals surface area contributed by atoms with Gasteiger partial charge in [0.2, 0.25) is 0 Å². The van der Waals surface area contributed by atoms with Crippen LogP contribution in [0.1, 0.15) is 5.56 Å². The van der Waals surface area contributed by atoms with Crippen molar-refractivity contribution in [2.24, 2.45) is 0 Å². The fourth-order valence-electron chi connectivity index (χ4n) is 1.09. The van der Waals surface area contributed by atoms with E-state index in [1.54, 1.807) is 0 Å². The van der Waals surface area contributed by atoms with Crippen molar-refractivity contribution in [1.29, 1.82) is 0 Å². The number of rotatable bonds is 4. The lowest BCUT2D eigenvalue weighted by Gasteiger charge is -1.95. The summed E-state index contributed by atoms with van der Waals surface area (Å²) in [6, 6.07) is 4.32. The first kappa shape index (κ1) is 9.41. The lowest BCUT2D eigenvalue weighted by atomic mass is 10.2. The summed E-state index contributed by atoms with van der Waals surface area (Å²) in [5, 5.41) is 0. The van der Waals surface area contributed by atoms with Gasteiger partial charge in [-0.1, -0.05) is 6.58 Å². The van der Waals surface area contributed by atoms with Crippen LogP contribution in [0, 0.1) is 0 Å². The smallest absolute Gasteiger partial charge is 0.169 e. The molecule has 64 valence electrons. The first-order chi connectivity index (χ1) is 5.86. The summed E-state index contributed by atoms with van der Waals surface area (Å²) in [7, 11) is 2.74. The second kappa shape index (κ2) is 5.05. The van der Waals surface area contributed by atoms with Crippen LogP contribution in [0.3, 0.4) is 0 Å². The average molecular weight is 180 g/mol. The zero-order valence-electron chi connectivity index (χ0n) is 7.24. The maximum atomic E-state index is 3.69. The SMILES string of the molecule is C=CC[n+]1ccc(CCP)cc1. The Morgan fingerprint density at radius 3 is 2.58 bits per heavy atom. The molecule has 2 heteroatoms. The van der Waals surface area contributed by atoms with E-state index in [0.29, 0.717) is 0 Å². The highest BCUT2D eigenvalue weighted by atomic mass is 31.0. The summed E-state index contributed by atoms with van der Waals surface area (Å²) in [4.78, 5) is 0. The number of hydrogen-bond acceptors (Lipinski definition) is 0. The van der Waals surface area contributed by atoms with E-state index < -0.39 is 0 Å². The zero-order chi connectivity index (χ0) is 8.81. The fraction of sp³-hybridized carbons (Fsp3) is 0.300. The minimum Gasteiger partial charge on any atom is -0.201 e. The van der Waals surface area contributed by atoms with Crippen LogP contribution >= 0.6 is 9.24 Å². The molecular weight excluding hydrogens is 165 g/mol. The highest BCUT2D eigenvalue weighted by molar-refractivity contribution is 7.16. The highest BCUT2D eigenvalue weighted by Gasteiger charge is 1.96. The third-order valence-corrected chi connectivity index (χ3v) is 2.02. The second-order valence-corrected chi connectivity index (χ2v) is 3.31. The summed E-state index contributed by atoms with van der Waals surface area (Å²) in [6.07, 6.45) is 8.36. The van der Waals surface area contributed by atoms with Crippen LogP contribution in [0.25, 0.3) is 0 Å². The molecule has 0 aromatic carbocycles. The van der Waals surface area contributed by atoms with E-state index >= 15 is 0 Å². The quantitative estimate of drug-likeness (QED) is 0.376. The van der Waals surface area contributed by atoms with Gasteiger partial charge in [-0.2, -0.15) is 0 Å². The Bertz CT molecular complexity index is 241. The minimum atomic E-state index is 0.890. The number of aryl methyl sites for hydroxylation is 1. The van der Waals surface area contributed by atoms with Crippen LogP contribution in [0.2, 0.25) is 0 Å². The molecule has 1 aromatic heterocycles. The molecule has 0 amide bonds. The molecule has 0 saturated carbocycles. The summed E-state index contributed by atoms with van der Waals surface area (Å²) < 4.78 is 2.11. The van der Waals surface area contributed by atoms with Gasteiger partial charge in [0.05, 0.1) is 0 Å². The van der Waals surface area contributed by atoms with Gasteiger partial charge in [-0.15, -0.1) is 9.24 Å². The van der Waals surface area contributed by atoms with E-state index in [2.05, 4.69) is 44.9 Å². The summed E-state index contributed by atoms with van der Waals surface area (Å²) in [5.74, 6) is 0. The van der Waals surface area contributed by atoms with Gasteiger partial charge in [-0.05, 0) is 24.2 Å². The van der Waals surface area contributed by atoms with Crippen LogP contribution in [-0.2, 0) is 13.0 Å². The van der Waals surface area contributed by atoms with E-state index in [-0.39, 0.29) is 0 Å². The van der Waals surface area contributed by atoms with E-state index in [9.17, 15) is 0 Å². The largest absolute Gasteiger partial charge is 0.201 e. The Labute approximate surface area is 76.3 Å². The van der Waals surface area contributed by atoms with Gasteiger partial charge < -0.3 is 0 Å². The van der Waals surface area contributed by atoms with Crippen molar-refractivity contribution in [2.45, 2.75) is 13.0 Å². The molecular formula is C10H15NP+. The Hall–Kier alpha value is -0.680. The topological polar surface area (TPSA) is 3.88 Å². The lowest BCUT2D eigenvalue weighted by Crippen LogP contribution is -2.31. The molecule has 1 rings (SSSR count). The number of aromatic nitrogens is 1. The van der Waals surface area contributed by atoms with Gasteiger partial charge >= 0.3 is 0 Å². The van der Waals surface area contributed by atoms with Gasteiger partial charge in [0.1, 0.15) is 0 Å². The van der Waals surface area contributed by atoms with Crippen LogP contribution in [0.4, 0.5) is 0 Å². The molecule has 0 saturated heterocycles. The van der Waals surface area contributed by atoms with Gasteiger partial charge in [-0.3, -0.25) is 0 Å². The molecule has 1 aromatic rings. The van der Waals surface area contributed by atoms with E-state index in [4.69, 9.17) is 0 Å². The average Bonchev–Trinajstić information content (AvgIpc) is 2.09. The molecule has 0 aliphatic carbocycles. The van der Waals surface area contributed by atoms with E-state index in [1.165, 1.54) is 5.56 Å². The van der Waals surface area contributed by atoms with Gasteiger partial charge in [0.15, 0.2) is 18.9 Å². The molecule has 1 atom stereocenters. The first-order valence-electron chi connectivity index (χ1n) is 4.15. The van der Waals surface area contributed by atoms with Crippen LogP contribution in [0.15, 0.2) is 37.2 Å². The zero-order valence-corrected chi connectivity index (χ0v) is 8.39. The molecule has 0 fully saturated rings. The maximum Gasteiger partial charge on any atom is 0.169 e. The van der Waals surface area contributed by atoms with Crippen LogP contribution < -0.4 is 4.57 Å². The highest BCUT2D eigenvalue weighted by Crippen LogP contribution is 1.98.